The highest BCUT2D eigenvalue weighted by molar-refractivity contribution is 5.56. The van der Waals surface area contributed by atoms with E-state index in [1.54, 1.807) is 0 Å². The Hall–Kier alpha value is -0.630. The van der Waals surface area contributed by atoms with Gasteiger partial charge in [-0.05, 0) is 39.3 Å². The summed E-state index contributed by atoms with van der Waals surface area (Å²) in [6.45, 7) is 7.38. The summed E-state index contributed by atoms with van der Waals surface area (Å²) in [7, 11) is 0. The molecular weight excluding hydrogens is 136 g/mol. The van der Waals surface area contributed by atoms with Crippen LogP contribution in [0.25, 0.3) is 0 Å². The minimum Gasteiger partial charge on any atom is -0.309 e. The zero-order chi connectivity index (χ0) is 8.27. The monoisotopic (exact) mass is 152 g/mol. The summed E-state index contributed by atoms with van der Waals surface area (Å²) in [5.74, 6) is 0. The Morgan fingerprint density at radius 3 is 2.91 bits per heavy atom. The Balaban J connectivity index is 2.82. The van der Waals surface area contributed by atoms with Crippen molar-refractivity contribution >= 4 is 6.21 Å². The predicted octanol–water partition coefficient (Wildman–Crippen LogP) is 1.73. The molecule has 0 aromatic heterocycles. The fourth-order valence-corrected chi connectivity index (χ4v) is 1.43. The molecule has 0 amide bonds. The lowest BCUT2D eigenvalue weighted by molar-refractivity contribution is 0.563. The third kappa shape index (κ3) is 1.90. The minimum absolute atomic E-state index is 0.431. The molecule has 0 spiro atoms. The van der Waals surface area contributed by atoms with Gasteiger partial charge in [0.15, 0.2) is 0 Å². The molecule has 1 aliphatic heterocycles. The van der Waals surface area contributed by atoms with E-state index in [2.05, 4.69) is 24.2 Å². The molecule has 2 nitrogen and oxygen atoms in total. The zero-order valence-electron chi connectivity index (χ0n) is 7.52. The van der Waals surface area contributed by atoms with Gasteiger partial charge < -0.3 is 5.32 Å². The molecule has 0 bridgehead atoms. The number of hydrogen-bond acceptors (Lipinski definition) is 2. The molecule has 62 valence electrons. The molecule has 0 radical (unpaired) electrons. The van der Waals surface area contributed by atoms with Crippen LogP contribution in [-0.2, 0) is 0 Å². The summed E-state index contributed by atoms with van der Waals surface area (Å²) in [5.41, 5.74) is 2.65. The van der Waals surface area contributed by atoms with Gasteiger partial charge in [0, 0.05) is 12.3 Å². The number of aliphatic imine (C=N–C) groups is 1. The molecule has 2 heteroatoms. The number of hydrogen-bond donors (Lipinski definition) is 1. The van der Waals surface area contributed by atoms with E-state index < -0.39 is 0 Å². The van der Waals surface area contributed by atoms with Gasteiger partial charge in [0.05, 0.1) is 5.70 Å². The van der Waals surface area contributed by atoms with Gasteiger partial charge in [-0.2, -0.15) is 0 Å². The van der Waals surface area contributed by atoms with Gasteiger partial charge in [0.2, 0.25) is 0 Å². The fourth-order valence-electron chi connectivity index (χ4n) is 1.43. The molecule has 1 heterocycles. The third-order valence-corrected chi connectivity index (χ3v) is 2.07. The second kappa shape index (κ2) is 3.67. The van der Waals surface area contributed by atoms with Crippen molar-refractivity contribution in [1.29, 1.82) is 0 Å². The first kappa shape index (κ1) is 8.47. The highest BCUT2D eigenvalue weighted by Gasteiger charge is 2.14. The molecule has 0 fully saturated rings. The van der Waals surface area contributed by atoms with Crippen LogP contribution < -0.4 is 5.32 Å². The fraction of sp³-hybridized carbons (Fsp3) is 0.667. The first-order valence-electron chi connectivity index (χ1n) is 4.17. The van der Waals surface area contributed by atoms with E-state index in [1.807, 2.05) is 13.1 Å². The van der Waals surface area contributed by atoms with Gasteiger partial charge in [-0.3, -0.25) is 4.99 Å². The Bertz CT molecular complexity index is 192. The SMILES string of the molecule is CC=NC1=C(C)CCNC1C. The Morgan fingerprint density at radius 1 is 1.64 bits per heavy atom. The summed E-state index contributed by atoms with van der Waals surface area (Å²) in [4.78, 5) is 4.34. The van der Waals surface area contributed by atoms with Gasteiger partial charge in [0.1, 0.15) is 0 Å². The van der Waals surface area contributed by atoms with E-state index in [-0.39, 0.29) is 0 Å². The van der Waals surface area contributed by atoms with E-state index in [9.17, 15) is 0 Å². The maximum Gasteiger partial charge on any atom is 0.0555 e. The molecule has 1 atom stereocenters. The summed E-state index contributed by atoms with van der Waals surface area (Å²) >= 11 is 0. The maximum absolute atomic E-state index is 4.34. The number of rotatable bonds is 1. The average Bonchev–Trinajstić information content (AvgIpc) is 1.97. The molecule has 0 aromatic carbocycles. The topological polar surface area (TPSA) is 24.4 Å². The van der Waals surface area contributed by atoms with Gasteiger partial charge in [-0.25, -0.2) is 0 Å². The van der Waals surface area contributed by atoms with Crippen LogP contribution >= 0.6 is 0 Å². The second-order valence-corrected chi connectivity index (χ2v) is 2.98. The number of nitrogens with zero attached hydrogens (tertiary/aromatic N) is 1. The van der Waals surface area contributed by atoms with Gasteiger partial charge >= 0.3 is 0 Å². The maximum atomic E-state index is 4.34. The molecule has 0 aliphatic carbocycles. The number of nitrogens with one attached hydrogen (secondary N) is 1. The van der Waals surface area contributed by atoms with Crippen LogP contribution in [0, 0.1) is 0 Å². The van der Waals surface area contributed by atoms with Crippen molar-refractivity contribution in [2.45, 2.75) is 33.2 Å². The Labute approximate surface area is 68.4 Å². The predicted molar refractivity (Wildman–Crippen MR) is 48.9 cm³/mol. The van der Waals surface area contributed by atoms with Crippen molar-refractivity contribution < 1.29 is 0 Å². The van der Waals surface area contributed by atoms with Crippen LogP contribution in [0.15, 0.2) is 16.3 Å². The van der Waals surface area contributed by atoms with Crippen molar-refractivity contribution in [3.8, 4) is 0 Å². The van der Waals surface area contributed by atoms with Crippen LogP contribution in [0.3, 0.4) is 0 Å². The molecule has 1 aliphatic rings. The van der Waals surface area contributed by atoms with Crippen LogP contribution in [0.5, 0.6) is 0 Å². The summed E-state index contributed by atoms with van der Waals surface area (Å²) in [6.07, 6.45) is 3.00. The minimum atomic E-state index is 0.431. The van der Waals surface area contributed by atoms with Gasteiger partial charge in [-0.1, -0.05) is 0 Å². The lowest BCUT2D eigenvalue weighted by Crippen LogP contribution is -2.33. The Morgan fingerprint density at radius 2 is 2.36 bits per heavy atom. The zero-order valence-corrected chi connectivity index (χ0v) is 7.52. The second-order valence-electron chi connectivity index (χ2n) is 2.98. The first-order valence-corrected chi connectivity index (χ1v) is 4.17. The van der Waals surface area contributed by atoms with Gasteiger partial charge in [-0.15, -0.1) is 0 Å². The molecule has 0 saturated carbocycles. The molecule has 0 saturated heterocycles. The smallest absolute Gasteiger partial charge is 0.0555 e. The van der Waals surface area contributed by atoms with Crippen LogP contribution in [0.1, 0.15) is 27.2 Å². The largest absolute Gasteiger partial charge is 0.309 e. The van der Waals surface area contributed by atoms with Gasteiger partial charge in [0.25, 0.3) is 0 Å². The molecule has 1 rings (SSSR count). The quantitative estimate of drug-likeness (QED) is 0.568. The molecule has 1 N–H and O–H groups in total. The van der Waals surface area contributed by atoms with E-state index in [4.69, 9.17) is 0 Å². The molecule has 0 aromatic rings. The van der Waals surface area contributed by atoms with Crippen molar-refractivity contribution in [2.24, 2.45) is 4.99 Å². The van der Waals surface area contributed by atoms with Crippen molar-refractivity contribution in [2.75, 3.05) is 6.54 Å². The van der Waals surface area contributed by atoms with Crippen molar-refractivity contribution in [1.82, 2.24) is 5.32 Å². The summed E-state index contributed by atoms with van der Waals surface area (Å²) < 4.78 is 0. The van der Waals surface area contributed by atoms with E-state index >= 15 is 0 Å². The first-order chi connectivity index (χ1) is 5.25. The highest BCUT2D eigenvalue weighted by atomic mass is 15.0. The average molecular weight is 152 g/mol. The molecule has 1 unspecified atom stereocenters. The molecule has 11 heavy (non-hydrogen) atoms. The van der Waals surface area contributed by atoms with Crippen LogP contribution in [0.2, 0.25) is 0 Å². The third-order valence-electron chi connectivity index (χ3n) is 2.07. The lowest BCUT2D eigenvalue weighted by Gasteiger charge is -2.22. The summed E-state index contributed by atoms with van der Waals surface area (Å²) in [5, 5.41) is 3.38. The van der Waals surface area contributed by atoms with E-state index in [0.29, 0.717) is 6.04 Å². The van der Waals surface area contributed by atoms with E-state index in [0.717, 1.165) is 13.0 Å². The lowest BCUT2D eigenvalue weighted by atomic mass is 10.0. The van der Waals surface area contributed by atoms with Crippen molar-refractivity contribution in [3.63, 3.8) is 0 Å². The highest BCUT2D eigenvalue weighted by Crippen LogP contribution is 2.17. The normalized spacial score (nSPS) is 26.6. The van der Waals surface area contributed by atoms with Crippen molar-refractivity contribution in [3.05, 3.63) is 11.3 Å². The van der Waals surface area contributed by atoms with E-state index in [1.165, 1.54) is 11.3 Å². The standard InChI is InChI=1S/C9H16N2/c1-4-10-9-7(2)5-6-11-8(9)3/h4,8,11H,5-6H2,1-3H3. The Kier molecular flexibility index (Phi) is 2.83. The molecular formula is C9H16N2. The van der Waals surface area contributed by atoms with Crippen LogP contribution in [0.4, 0.5) is 0 Å². The summed E-state index contributed by atoms with van der Waals surface area (Å²) in [6, 6.07) is 0.431. The van der Waals surface area contributed by atoms with Crippen LogP contribution in [-0.4, -0.2) is 18.8 Å².